The van der Waals surface area contributed by atoms with Gasteiger partial charge in [-0.15, -0.1) is 0 Å². The van der Waals surface area contributed by atoms with E-state index in [0.717, 1.165) is 37.5 Å². The number of nitrogens with zero attached hydrogens (tertiary/aromatic N) is 1. The van der Waals surface area contributed by atoms with Crippen LogP contribution in [-0.4, -0.2) is 29.4 Å². The fourth-order valence-electron chi connectivity index (χ4n) is 4.05. The van der Waals surface area contributed by atoms with Crippen LogP contribution < -0.4 is 0 Å². The van der Waals surface area contributed by atoms with Crippen molar-refractivity contribution >= 4 is 22.4 Å². The fraction of sp³-hybridized carbons (Fsp3) is 0.333. The third-order valence-electron chi connectivity index (χ3n) is 5.50. The Morgan fingerprint density at radius 2 is 1.75 bits per heavy atom. The van der Waals surface area contributed by atoms with Gasteiger partial charge in [-0.1, -0.05) is 66.2 Å². The molecular formula is C24H26ClNO2. The average Bonchev–Trinajstić information content (AvgIpc) is 2.72. The van der Waals surface area contributed by atoms with Gasteiger partial charge in [0.1, 0.15) is 0 Å². The monoisotopic (exact) mass is 395 g/mol. The SMILES string of the molecule is OC1OCCCC1CN(Cc1ccc(Cl)cc1)Cc1cccc2ccccc12. The van der Waals surface area contributed by atoms with Gasteiger partial charge in [-0.2, -0.15) is 0 Å². The summed E-state index contributed by atoms with van der Waals surface area (Å²) in [5, 5.41) is 13.6. The number of rotatable bonds is 6. The second-order valence-corrected chi connectivity index (χ2v) is 8.03. The molecule has 3 nitrogen and oxygen atoms in total. The second-order valence-electron chi connectivity index (χ2n) is 7.60. The van der Waals surface area contributed by atoms with Crippen molar-refractivity contribution < 1.29 is 9.84 Å². The molecule has 0 spiro atoms. The quantitative estimate of drug-likeness (QED) is 0.619. The Labute approximate surface area is 171 Å². The van der Waals surface area contributed by atoms with Crippen LogP contribution in [0.25, 0.3) is 10.8 Å². The minimum Gasteiger partial charge on any atom is -0.368 e. The Morgan fingerprint density at radius 3 is 2.57 bits per heavy atom. The number of aliphatic hydroxyl groups excluding tert-OH is 1. The van der Waals surface area contributed by atoms with E-state index < -0.39 is 6.29 Å². The van der Waals surface area contributed by atoms with Crippen LogP contribution in [0.15, 0.2) is 66.7 Å². The van der Waals surface area contributed by atoms with E-state index in [-0.39, 0.29) is 5.92 Å². The lowest BCUT2D eigenvalue weighted by Gasteiger charge is -2.33. The summed E-state index contributed by atoms with van der Waals surface area (Å²) in [4.78, 5) is 2.41. The molecule has 2 unspecified atom stereocenters. The van der Waals surface area contributed by atoms with Crippen molar-refractivity contribution in [2.24, 2.45) is 5.92 Å². The standard InChI is InChI=1S/C24H26ClNO2/c25-22-12-10-18(11-13-22)15-26(17-21-8-4-14-28-24(21)27)16-20-7-3-6-19-5-1-2-9-23(19)20/h1-3,5-7,9-13,21,24,27H,4,8,14-17H2. The summed E-state index contributed by atoms with van der Waals surface area (Å²) in [6.07, 6.45) is 1.33. The number of ether oxygens (including phenoxy) is 1. The topological polar surface area (TPSA) is 32.7 Å². The molecule has 146 valence electrons. The van der Waals surface area contributed by atoms with E-state index in [1.807, 2.05) is 12.1 Å². The lowest BCUT2D eigenvalue weighted by Crippen LogP contribution is -2.38. The molecule has 3 aromatic rings. The first-order valence-electron chi connectivity index (χ1n) is 9.92. The molecule has 0 amide bonds. The first-order chi connectivity index (χ1) is 13.7. The zero-order valence-corrected chi connectivity index (χ0v) is 16.7. The maximum Gasteiger partial charge on any atom is 0.158 e. The molecule has 28 heavy (non-hydrogen) atoms. The number of benzene rings is 3. The van der Waals surface area contributed by atoms with Gasteiger partial charge in [-0.05, 0) is 46.9 Å². The van der Waals surface area contributed by atoms with Gasteiger partial charge in [0.15, 0.2) is 6.29 Å². The van der Waals surface area contributed by atoms with E-state index in [0.29, 0.717) is 6.61 Å². The molecule has 0 radical (unpaired) electrons. The van der Waals surface area contributed by atoms with Gasteiger partial charge in [0.05, 0.1) is 0 Å². The van der Waals surface area contributed by atoms with Gasteiger partial charge < -0.3 is 9.84 Å². The molecule has 1 saturated heterocycles. The van der Waals surface area contributed by atoms with E-state index in [1.54, 1.807) is 0 Å². The Balaban J connectivity index is 1.58. The maximum atomic E-state index is 10.3. The van der Waals surface area contributed by atoms with Crippen LogP contribution in [0.5, 0.6) is 0 Å². The van der Waals surface area contributed by atoms with Crippen molar-refractivity contribution in [2.75, 3.05) is 13.2 Å². The Morgan fingerprint density at radius 1 is 0.964 bits per heavy atom. The summed E-state index contributed by atoms with van der Waals surface area (Å²) in [5.41, 5.74) is 2.52. The largest absolute Gasteiger partial charge is 0.368 e. The van der Waals surface area contributed by atoms with Gasteiger partial charge in [0.2, 0.25) is 0 Å². The number of halogens is 1. The second kappa shape index (κ2) is 9.06. The molecule has 0 aliphatic carbocycles. The summed E-state index contributed by atoms with van der Waals surface area (Å²) in [5.74, 6) is 0.135. The Bertz CT molecular complexity index is 907. The highest BCUT2D eigenvalue weighted by Crippen LogP contribution is 2.25. The van der Waals surface area contributed by atoms with E-state index in [9.17, 15) is 5.11 Å². The molecule has 0 saturated carbocycles. The lowest BCUT2D eigenvalue weighted by molar-refractivity contribution is -0.163. The average molecular weight is 396 g/mol. The van der Waals surface area contributed by atoms with Crippen molar-refractivity contribution in [1.29, 1.82) is 0 Å². The molecule has 4 rings (SSSR count). The summed E-state index contributed by atoms with van der Waals surface area (Å²) < 4.78 is 5.49. The molecule has 0 aromatic heterocycles. The van der Waals surface area contributed by atoms with Crippen molar-refractivity contribution in [3.63, 3.8) is 0 Å². The van der Waals surface area contributed by atoms with E-state index in [1.165, 1.54) is 21.9 Å². The predicted octanol–water partition coefficient (Wildman–Crippen LogP) is 5.24. The van der Waals surface area contributed by atoms with Crippen LogP contribution in [0.2, 0.25) is 5.02 Å². The van der Waals surface area contributed by atoms with Gasteiger partial charge in [0, 0.05) is 37.2 Å². The predicted molar refractivity (Wildman–Crippen MR) is 114 cm³/mol. The van der Waals surface area contributed by atoms with Gasteiger partial charge in [-0.3, -0.25) is 4.90 Å². The lowest BCUT2D eigenvalue weighted by atomic mass is 9.98. The van der Waals surface area contributed by atoms with Gasteiger partial charge in [-0.25, -0.2) is 0 Å². The first kappa shape index (κ1) is 19.4. The molecule has 1 aliphatic rings. The molecule has 3 aromatic carbocycles. The van der Waals surface area contributed by atoms with E-state index in [2.05, 4.69) is 59.5 Å². The summed E-state index contributed by atoms with van der Waals surface area (Å²) >= 11 is 6.05. The van der Waals surface area contributed by atoms with Crippen molar-refractivity contribution in [1.82, 2.24) is 4.90 Å². The fourth-order valence-corrected chi connectivity index (χ4v) is 4.17. The van der Waals surface area contributed by atoms with Crippen LogP contribution in [-0.2, 0) is 17.8 Å². The third kappa shape index (κ3) is 4.73. The highest BCUT2D eigenvalue weighted by molar-refractivity contribution is 6.30. The first-order valence-corrected chi connectivity index (χ1v) is 10.3. The maximum absolute atomic E-state index is 10.3. The summed E-state index contributed by atoms with van der Waals surface area (Å²) in [7, 11) is 0. The van der Waals surface area contributed by atoms with Crippen molar-refractivity contribution in [2.45, 2.75) is 32.2 Å². The highest BCUT2D eigenvalue weighted by atomic mass is 35.5. The number of hydrogen-bond donors (Lipinski definition) is 1. The Kier molecular flexibility index (Phi) is 6.28. The minimum absolute atomic E-state index is 0.135. The van der Waals surface area contributed by atoms with Crippen LogP contribution in [0.1, 0.15) is 24.0 Å². The highest BCUT2D eigenvalue weighted by Gasteiger charge is 2.26. The van der Waals surface area contributed by atoms with Gasteiger partial charge in [0.25, 0.3) is 0 Å². The van der Waals surface area contributed by atoms with Crippen LogP contribution in [0, 0.1) is 5.92 Å². The normalized spacial score (nSPS) is 20.0. The van der Waals surface area contributed by atoms with E-state index >= 15 is 0 Å². The van der Waals surface area contributed by atoms with Gasteiger partial charge >= 0.3 is 0 Å². The zero-order chi connectivity index (χ0) is 19.3. The minimum atomic E-state index is -0.672. The number of fused-ring (bicyclic) bond motifs is 1. The molecule has 1 aliphatic heterocycles. The molecule has 1 N–H and O–H groups in total. The Hall–Kier alpha value is -1.91. The van der Waals surface area contributed by atoms with Crippen LogP contribution in [0.3, 0.4) is 0 Å². The number of aliphatic hydroxyl groups is 1. The van der Waals surface area contributed by atoms with E-state index in [4.69, 9.17) is 16.3 Å². The van der Waals surface area contributed by atoms with Crippen molar-refractivity contribution in [3.8, 4) is 0 Å². The number of hydrogen-bond acceptors (Lipinski definition) is 3. The van der Waals surface area contributed by atoms with Crippen molar-refractivity contribution in [3.05, 3.63) is 82.9 Å². The molecular weight excluding hydrogens is 370 g/mol. The molecule has 0 bridgehead atoms. The molecule has 1 heterocycles. The zero-order valence-electron chi connectivity index (χ0n) is 15.9. The smallest absolute Gasteiger partial charge is 0.158 e. The molecule has 1 fully saturated rings. The molecule has 4 heteroatoms. The summed E-state index contributed by atoms with van der Waals surface area (Å²) in [6.45, 7) is 3.09. The third-order valence-corrected chi connectivity index (χ3v) is 5.75. The summed E-state index contributed by atoms with van der Waals surface area (Å²) in [6, 6.07) is 23.0. The molecule has 2 atom stereocenters. The van der Waals surface area contributed by atoms with Crippen LogP contribution in [0.4, 0.5) is 0 Å². The van der Waals surface area contributed by atoms with Crippen LogP contribution >= 0.6 is 11.6 Å².